The predicted molar refractivity (Wildman–Crippen MR) is 126 cm³/mol. The van der Waals surface area contributed by atoms with E-state index < -0.39 is 0 Å². The standard InChI is InChI=1S/C27H33NO2/c1-28(2)23-17-13-21(14-18-23)9-5-6-10-25(22-15-19-24(29-3)20-16-22)26-11-7-8-12-27(26)30-4/h7-8,11-20,25H,5-6,9-10H2,1-4H3. The Bertz CT molecular complexity index is 901. The van der Waals surface area contributed by atoms with Crippen LogP contribution < -0.4 is 14.4 Å². The van der Waals surface area contributed by atoms with Crippen molar-refractivity contribution in [2.75, 3.05) is 33.2 Å². The van der Waals surface area contributed by atoms with Gasteiger partial charge in [-0.15, -0.1) is 0 Å². The van der Waals surface area contributed by atoms with Crippen LogP contribution in [0.3, 0.4) is 0 Å². The summed E-state index contributed by atoms with van der Waals surface area (Å²) in [6, 6.07) is 25.7. The lowest BCUT2D eigenvalue weighted by Crippen LogP contribution is -2.08. The van der Waals surface area contributed by atoms with Gasteiger partial charge in [-0.05, 0) is 60.7 Å². The summed E-state index contributed by atoms with van der Waals surface area (Å²) in [5, 5.41) is 0. The van der Waals surface area contributed by atoms with Gasteiger partial charge in [0.15, 0.2) is 0 Å². The summed E-state index contributed by atoms with van der Waals surface area (Å²) in [4.78, 5) is 2.14. The Morgan fingerprint density at radius 2 is 1.47 bits per heavy atom. The molecule has 0 aliphatic carbocycles. The summed E-state index contributed by atoms with van der Waals surface area (Å²) in [5.74, 6) is 2.15. The zero-order valence-corrected chi connectivity index (χ0v) is 18.6. The largest absolute Gasteiger partial charge is 0.497 e. The fourth-order valence-electron chi connectivity index (χ4n) is 3.93. The molecule has 0 spiro atoms. The third-order valence-corrected chi connectivity index (χ3v) is 5.69. The molecule has 3 aromatic rings. The number of aryl methyl sites for hydroxylation is 1. The molecule has 0 aliphatic rings. The molecule has 0 aliphatic heterocycles. The zero-order valence-electron chi connectivity index (χ0n) is 18.6. The number of para-hydroxylation sites is 1. The molecule has 1 unspecified atom stereocenters. The number of benzene rings is 3. The zero-order chi connectivity index (χ0) is 21.3. The van der Waals surface area contributed by atoms with Crippen molar-refractivity contribution in [2.24, 2.45) is 0 Å². The highest BCUT2D eigenvalue weighted by Gasteiger charge is 2.18. The van der Waals surface area contributed by atoms with Crippen LogP contribution in [0.15, 0.2) is 72.8 Å². The second kappa shape index (κ2) is 10.7. The molecule has 3 nitrogen and oxygen atoms in total. The second-order valence-corrected chi connectivity index (χ2v) is 7.87. The first kappa shape index (κ1) is 21.8. The molecule has 0 heterocycles. The van der Waals surface area contributed by atoms with Gasteiger partial charge in [0.05, 0.1) is 14.2 Å². The highest BCUT2D eigenvalue weighted by molar-refractivity contribution is 5.46. The minimum atomic E-state index is 0.308. The maximum Gasteiger partial charge on any atom is 0.122 e. The molecule has 0 bridgehead atoms. The smallest absolute Gasteiger partial charge is 0.122 e. The van der Waals surface area contributed by atoms with Crippen LogP contribution in [0.1, 0.15) is 41.9 Å². The van der Waals surface area contributed by atoms with Crippen molar-refractivity contribution < 1.29 is 9.47 Å². The van der Waals surface area contributed by atoms with E-state index in [0.717, 1.165) is 30.8 Å². The number of anilines is 1. The van der Waals surface area contributed by atoms with E-state index in [1.54, 1.807) is 14.2 Å². The van der Waals surface area contributed by atoms with Gasteiger partial charge in [0.1, 0.15) is 11.5 Å². The molecule has 0 saturated heterocycles. The number of hydrogen-bond acceptors (Lipinski definition) is 3. The molecule has 1 atom stereocenters. The summed E-state index contributed by atoms with van der Waals surface area (Å²) in [6.45, 7) is 0. The Morgan fingerprint density at radius 1 is 0.767 bits per heavy atom. The van der Waals surface area contributed by atoms with Gasteiger partial charge >= 0.3 is 0 Å². The van der Waals surface area contributed by atoms with Crippen LogP contribution in [0.5, 0.6) is 11.5 Å². The molecular weight excluding hydrogens is 370 g/mol. The van der Waals surface area contributed by atoms with Crippen LogP contribution >= 0.6 is 0 Å². The number of nitrogens with zero attached hydrogens (tertiary/aromatic N) is 1. The van der Waals surface area contributed by atoms with Gasteiger partial charge in [0.2, 0.25) is 0 Å². The van der Waals surface area contributed by atoms with Crippen molar-refractivity contribution in [3.05, 3.63) is 89.5 Å². The summed E-state index contributed by atoms with van der Waals surface area (Å²) in [6.07, 6.45) is 4.52. The third kappa shape index (κ3) is 5.56. The number of ether oxygens (including phenoxy) is 2. The normalized spacial score (nSPS) is 11.7. The van der Waals surface area contributed by atoms with E-state index in [0.29, 0.717) is 5.92 Å². The molecule has 0 amide bonds. The van der Waals surface area contributed by atoms with Crippen LogP contribution in [0.2, 0.25) is 0 Å². The molecule has 3 aromatic carbocycles. The molecule has 3 heteroatoms. The molecule has 158 valence electrons. The molecular formula is C27H33NO2. The van der Waals surface area contributed by atoms with Crippen molar-refractivity contribution in [3.8, 4) is 11.5 Å². The first-order chi connectivity index (χ1) is 14.6. The fraction of sp³-hybridized carbons (Fsp3) is 0.333. The number of rotatable bonds is 10. The Morgan fingerprint density at radius 3 is 2.10 bits per heavy atom. The lowest BCUT2D eigenvalue weighted by atomic mass is 9.86. The monoisotopic (exact) mass is 403 g/mol. The third-order valence-electron chi connectivity index (χ3n) is 5.69. The van der Waals surface area contributed by atoms with E-state index in [9.17, 15) is 0 Å². The van der Waals surface area contributed by atoms with Gasteiger partial charge in [0, 0.05) is 31.3 Å². The molecule has 0 radical (unpaired) electrons. The minimum absolute atomic E-state index is 0.308. The number of hydrogen-bond donors (Lipinski definition) is 0. The van der Waals surface area contributed by atoms with Gasteiger partial charge in [-0.2, -0.15) is 0 Å². The predicted octanol–water partition coefficient (Wildman–Crippen LogP) is 6.31. The summed E-state index contributed by atoms with van der Waals surface area (Å²) >= 11 is 0. The van der Waals surface area contributed by atoms with Crippen LogP contribution in [-0.2, 0) is 6.42 Å². The van der Waals surface area contributed by atoms with Crippen LogP contribution in [0.25, 0.3) is 0 Å². The van der Waals surface area contributed by atoms with E-state index in [1.165, 1.54) is 28.8 Å². The first-order valence-corrected chi connectivity index (χ1v) is 10.7. The van der Waals surface area contributed by atoms with E-state index in [-0.39, 0.29) is 0 Å². The first-order valence-electron chi connectivity index (χ1n) is 10.7. The highest BCUT2D eigenvalue weighted by Crippen LogP contribution is 2.36. The van der Waals surface area contributed by atoms with Crippen molar-refractivity contribution in [2.45, 2.75) is 31.6 Å². The van der Waals surface area contributed by atoms with Gasteiger partial charge in [-0.25, -0.2) is 0 Å². The van der Waals surface area contributed by atoms with Crippen molar-refractivity contribution in [1.29, 1.82) is 0 Å². The van der Waals surface area contributed by atoms with Crippen molar-refractivity contribution in [1.82, 2.24) is 0 Å². The van der Waals surface area contributed by atoms with E-state index in [1.807, 2.05) is 18.2 Å². The topological polar surface area (TPSA) is 21.7 Å². The Labute approximate surface area is 181 Å². The maximum atomic E-state index is 5.67. The molecule has 0 N–H and O–H groups in total. The minimum Gasteiger partial charge on any atom is -0.497 e. The van der Waals surface area contributed by atoms with Crippen LogP contribution in [0.4, 0.5) is 5.69 Å². The molecule has 0 saturated carbocycles. The Kier molecular flexibility index (Phi) is 7.78. The van der Waals surface area contributed by atoms with Crippen LogP contribution in [0, 0.1) is 0 Å². The van der Waals surface area contributed by atoms with Crippen LogP contribution in [-0.4, -0.2) is 28.3 Å². The summed E-state index contributed by atoms with van der Waals surface area (Å²) in [7, 11) is 7.61. The number of methoxy groups -OCH3 is 2. The van der Waals surface area contributed by atoms with Gasteiger partial charge in [-0.1, -0.05) is 48.9 Å². The average molecular weight is 404 g/mol. The van der Waals surface area contributed by atoms with Gasteiger partial charge < -0.3 is 14.4 Å². The molecule has 0 aromatic heterocycles. The maximum absolute atomic E-state index is 5.67. The molecule has 0 fully saturated rings. The lowest BCUT2D eigenvalue weighted by molar-refractivity contribution is 0.405. The molecule has 30 heavy (non-hydrogen) atoms. The highest BCUT2D eigenvalue weighted by atomic mass is 16.5. The van der Waals surface area contributed by atoms with E-state index in [4.69, 9.17) is 9.47 Å². The van der Waals surface area contributed by atoms with E-state index >= 15 is 0 Å². The fourth-order valence-corrected chi connectivity index (χ4v) is 3.93. The van der Waals surface area contributed by atoms with Gasteiger partial charge in [-0.3, -0.25) is 0 Å². The summed E-state index contributed by atoms with van der Waals surface area (Å²) in [5.41, 5.74) is 5.20. The van der Waals surface area contributed by atoms with Crippen molar-refractivity contribution in [3.63, 3.8) is 0 Å². The number of unbranched alkanes of at least 4 members (excludes halogenated alkanes) is 1. The second-order valence-electron chi connectivity index (χ2n) is 7.87. The lowest BCUT2D eigenvalue weighted by Gasteiger charge is -2.21. The quantitative estimate of drug-likeness (QED) is 0.370. The van der Waals surface area contributed by atoms with E-state index in [2.05, 4.69) is 73.6 Å². The molecule has 3 rings (SSSR count). The van der Waals surface area contributed by atoms with Crippen molar-refractivity contribution >= 4 is 5.69 Å². The SMILES string of the molecule is COc1ccc(C(CCCCc2ccc(N(C)C)cc2)c2ccccc2OC)cc1. The Balaban J connectivity index is 1.69. The van der Waals surface area contributed by atoms with Gasteiger partial charge in [0.25, 0.3) is 0 Å². The Hall–Kier alpha value is -2.94. The average Bonchev–Trinajstić information content (AvgIpc) is 2.79. The summed E-state index contributed by atoms with van der Waals surface area (Å²) < 4.78 is 11.0.